The topological polar surface area (TPSA) is 27.7 Å². The van der Waals surface area contributed by atoms with Gasteiger partial charge in [-0.3, -0.25) is 0 Å². The van der Waals surface area contributed by atoms with E-state index in [0.29, 0.717) is 0 Å². The van der Waals surface area contributed by atoms with E-state index in [4.69, 9.17) is 12.3 Å². The lowest BCUT2D eigenvalue weighted by Gasteiger charge is -2.48. The Kier molecular flexibility index (Phi) is 3.51. The summed E-state index contributed by atoms with van der Waals surface area (Å²) in [6.45, 7) is 10.7. The van der Waals surface area contributed by atoms with Crippen LogP contribution in [0.25, 0.3) is 10.8 Å². The normalized spacial score (nSPS) is 23.1. The van der Waals surface area contributed by atoms with Crippen molar-refractivity contribution < 1.29 is 12.3 Å². The Morgan fingerprint density at radius 3 is 1.90 bits per heavy atom. The molecule has 0 aromatic heterocycles. The van der Waals surface area contributed by atoms with Crippen LogP contribution in [0.3, 0.4) is 0 Å². The van der Waals surface area contributed by atoms with Gasteiger partial charge in [0.2, 0.25) is 0 Å². The SMILES string of the molecule is C[Si]1(C)O[Si](C)(C)O[Si](C)(c2cccc3ccccc23)O1. The Balaban J connectivity index is 2.16. The van der Waals surface area contributed by atoms with Gasteiger partial charge < -0.3 is 12.3 Å². The van der Waals surface area contributed by atoms with Crippen molar-refractivity contribution in [1.29, 1.82) is 0 Å². The van der Waals surface area contributed by atoms with Crippen LogP contribution in [0.15, 0.2) is 42.5 Å². The molecule has 1 aliphatic heterocycles. The zero-order chi connectivity index (χ0) is 15.3. The lowest BCUT2D eigenvalue weighted by molar-refractivity contribution is 0.243. The summed E-state index contributed by atoms with van der Waals surface area (Å²) in [6, 6.07) is 14.8. The molecule has 0 unspecified atom stereocenters. The van der Waals surface area contributed by atoms with E-state index in [1.165, 1.54) is 16.0 Å². The molecule has 112 valence electrons. The quantitative estimate of drug-likeness (QED) is 0.746. The van der Waals surface area contributed by atoms with Crippen molar-refractivity contribution in [2.75, 3.05) is 0 Å². The summed E-state index contributed by atoms with van der Waals surface area (Å²) in [4.78, 5) is 0. The third-order valence-electron chi connectivity index (χ3n) is 3.65. The second-order valence-corrected chi connectivity index (χ2v) is 17.1. The van der Waals surface area contributed by atoms with E-state index in [1.807, 2.05) is 0 Å². The predicted octanol–water partition coefficient (Wildman–Crippen LogP) is 3.59. The lowest BCUT2D eigenvalue weighted by atomic mass is 10.1. The van der Waals surface area contributed by atoms with Crippen LogP contribution in [0.4, 0.5) is 0 Å². The third kappa shape index (κ3) is 2.92. The molecule has 1 aliphatic rings. The lowest BCUT2D eigenvalue weighted by Crippen LogP contribution is -2.69. The van der Waals surface area contributed by atoms with Crippen molar-refractivity contribution in [2.45, 2.75) is 32.7 Å². The minimum atomic E-state index is -2.45. The Morgan fingerprint density at radius 2 is 1.24 bits per heavy atom. The molecule has 3 nitrogen and oxygen atoms in total. The maximum absolute atomic E-state index is 6.46. The van der Waals surface area contributed by atoms with Crippen LogP contribution in [0.1, 0.15) is 0 Å². The molecule has 2 aromatic carbocycles. The van der Waals surface area contributed by atoms with Crippen LogP contribution in [0, 0.1) is 0 Å². The van der Waals surface area contributed by atoms with Crippen molar-refractivity contribution in [3.8, 4) is 0 Å². The van der Waals surface area contributed by atoms with Crippen molar-refractivity contribution in [3.05, 3.63) is 42.5 Å². The van der Waals surface area contributed by atoms with Gasteiger partial charge in [-0.05, 0) is 43.5 Å². The van der Waals surface area contributed by atoms with Crippen molar-refractivity contribution in [3.63, 3.8) is 0 Å². The minimum Gasteiger partial charge on any atom is -0.416 e. The fourth-order valence-corrected chi connectivity index (χ4v) is 19.2. The zero-order valence-corrected chi connectivity index (χ0v) is 16.3. The molecule has 21 heavy (non-hydrogen) atoms. The van der Waals surface area contributed by atoms with Gasteiger partial charge in [0.1, 0.15) is 0 Å². The fourth-order valence-electron chi connectivity index (χ4n) is 3.32. The molecule has 0 spiro atoms. The molecule has 1 fully saturated rings. The summed E-state index contributed by atoms with van der Waals surface area (Å²) >= 11 is 0. The molecule has 0 amide bonds. The highest BCUT2D eigenvalue weighted by atomic mass is 28.5. The van der Waals surface area contributed by atoms with Crippen LogP contribution >= 0.6 is 0 Å². The van der Waals surface area contributed by atoms with E-state index in [-0.39, 0.29) is 0 Å². The number of benzene rings is 2. The summed E-state index contributed by atoms with van der Waals surface area (Å²) in [5.74, 6) is 0. The first-order valence-electron chi connectivity index (χ1n) is 7.30. The van der Waals surface area contributed by atoms with Gasteiger partial charge >= 0.3 is 25.7 Å². The maximum atomic E-state index is 6.46. The second kappa shape index (κ2) is 4.87. The van der Waals surface area contributed by atoms with Crippen LogP contribution in [-0.4, -0.2) is 25.7 Å². The van der Waals surface area contributed by atoms with Gasteiger partial charge in [-0.2, -0.15) is 0 Å². The highest BCUT2D eigenvalue weighted by Crippen LogP contribution is 2.31. The largest absolute Gasteiger partial charge is 0.416 e. The van der Waals surface area contributed by atoms with Crippen LogP contribution in [0.2, 0.25) is 32.7 Å². The molecule has 0 radical (unpaired) electrons. The molecule has 3 rings (SSSR count). The number of hydrogen-bond acceptors (Lipinski definition) is 3. The van der Waals surface area contributed by atoms with Crippen LogP contribution < -0.4 is 5.19 Å². The van der Waals surface area contributed by atoms with Crippen molar-refractivity contribution in [2.24, 2.45) is 0 Å². The Bertz CT molecular complexity index is 663. The van der Waals surface area contributed by atoms with Crippen LogP contribution in [0.5, 0.6) is 0 Å². The Morgan fingerprint density at radius 1 is 0.667 bits per heavy atom. The van der Waals surface area contributed by atoms with Gasteiger partial charge in [0.05, 0.1) is 0 Å². The van der Waals surface area contributed by atoms with E-state index >= 15 is 0 Å². The maximum Gasteiger partial charge on any atom is 0.352 e. The molecule has 0 bridgehead atoms. The Hall–Kier alpha value is -0.769. The van der Waals surface area contributed by atoms with Crippen molar-refractivity contribution in [1.82, 2.24) is 0 Å². The van der Waals surface area contributed by atoms with Gasteiger partial charge in [0.15, 0.2) is 0 Å². The standard InChI is InChI=1S/C15H22O3Si3/c1-19(2)16-20(3,4)18-21(5,17-19)15-12-8-10-13-9-6-7-11-14(13)15/h6-12H,1-5H3. The molecule has 2 aromatic rings. The third-order valence-corrected chi connectivity index (χ3v) is 16.0. The summed E-state index contributed by atoms with van der Waals surface area (Å²) in [5, 5.41) is 3.71. The van der Waals surface area contributed by atoms with E-state index in [1.54, 1.807) is 0 Å². The van der Waals surface area contributed by atoms with Crippen molar-refractivity contribution >= 4 is 41.6 Å². The summed E-state index contributed by atoms with van der Waals surface area (Å²) in [5.41, 5.74) is 0. The average Bonchev–Trinajstić information content (AvgIpc) is 2.33. The minimum absolute atomic E-state index is 1.23. The molecule has 0 saturated carbocycles. The molecule has 1 saturated heterocycles. The van der Waals surface area contributed by atoms with Gasteiger partial charge in [0, 0.05) is 5.19 Å². The molecule has 0 aliphatic carbocycles. The van der Waals surface area contributed by atoms with Crippen LogP contribution in [-0.2, 0) is 12.3 Å². The first kappa shape index (κ1) is 15.1. The number of rotatable bonds is 1. The van der Waals surface area contributed by atoms with Gasteiger partial charge in [-0.25, -0.2) is 0 Å². The zero-order valence-electron chi connectivity index (χ0n) is 13.3. The first-order chi connectivity index (χ1) is 9.71. The molecular formula is C15H22O3Si3. The van der Waals surface area contributed by atoms with Gasteiger partial charge in [-0.1, -0.05) is 42.5 Å². The summed E-state index contributed by atoms with van der Waals surface area (Å²) in [6.07, 6.45) is 0. The van der Waals surface area contributed by atoms with Gasteiger partial charge in [0.25, 0.3) is 0 Å². The van der Waals surface area contributed by atoms with E-state index in [9.17, 15) is 0 Å². The monoisotopic (exact) mass is 334 g/mol. The van der Waals surface area contributed by atoms with E-state index in [0.717, 1.165) is 0 Å². The highest BCUT2D eigenvalue weighted by Gasteiger charge is 2.54. The predicted molar refractivity (Wildman–Crippen MR) is 93.4 cm³/mol. The smallest absolute Gasteiger partial charge is 0.352 e. The molecular weight excluding hydrogens is 312 g/mol. The number of fused-ring (bicyclic) bond motifs is 1. The average molecular weight is 335 g/mol. The highest BCUT2D eigenvalue weighted by molar-refractivity contribution is 6.98. The number of hydrogen-bond donors (Lipinski definition) is 0. The van der Waals surface area contributed by atoms with E-state index in [2.05, 4.69) is 75.2 Å². The summed E-state index contributed by atoms with van der Waals surface area (Å²) in [7, 11) is -6.72. The molecule has 1 heterocycles. The van der Waals surface area contributed by atoms with E-state index < -0.39 is 25.7 Å². The first-order valence-corrected chi connectivity index (χ1v) is 15.2. The molecule has 0 N–H and O–H groups in total. The summed E-state index contributed by atoms with van der Waals surface area (Å²) < 4.78 is 19.1. The molecule has 6 heteroatoms. The fraction of sp³-hybridized carbons (Fsp3) is 0.333. The molecule has 0 atom stereocenters. The Labute approximate surface area is 129 Å². The second-order valence-electron chi connectivity index (χ2n) is 6.58. The van der Waals surface area contributed by atoms with Gasteiger partial charge in [-0.15, -0.1) is 0 Å².